The number of nitrogens with zero attached hydrogens (tertiary/aromatic N) is 2. The van der Waals surface area contributed by atoms with Crippen LogP contribution in [0.2, 0.25) is 0 Å². The average Bonchev–Trinajstić information content (AvgIpc) is 2.37. The quantitative estimate of drug-likeness (QED) is 0.591. The van der Waals surface area contributed by atoms with E-state index in [-0.39, 0.29) is 5.56 Å². The van der Waals surface area contributed by atoms with Crippen molar-refractivity contribution in [1.29, 1.82) is 0 Å². The van der Waals surface area contributed by atoms with Crippen LogP contribution < -0.4 is 5.32 Å². The number of carbonyl (C=O) groups is 1. The number of pyridine rings is 1. The standard InChI is InChI=1S/C12H18FN3O3S/c1-3-16(20(2,18)19)8-4-6-15-12(17)10-5-7-14-11(13)9-10/h5,7,9H,3-4,6,8H2,1-2H3,(H,15,17). The number of nitrogens with one attached hydrogen (secondary N) is 1. The van der Waals surface area contributed by atoms with Crippen LogP contribution in [0.5, 0.6) is 0 Å². The Hall–Kier alpha value is -1.54. The highest BCUT2D eigenvalue weighted by Crippen LogP contribution is 2.01. The summed E-state index contributed by atoms with van der Waals surface area (Å²) in [6, 6.07) is 2.46. The number of amides is 1. The Balaban J connectivity index is 2.40. The second-order valence-electron chi connectivity index (χ2n) is 4.23. The van der Waals surface area contributed by atoms with E-state index in [4.69, 9.17) is 0 Å². The predicted molar refractivity (Wildman–Crippen MR) is 73.2 cm³/mol. The highest BCUT2D eigenvalue weighted by molar-refractivity contribution is 7.88. The van der Waals surface area contributed by atoms with Crippen molar-refractivity contribution in [1.82, 2.24) is 14.6 Å². The van der Waals surface area contributed by atoms with Gasteiger partial charge in [0.15, 0.2) is 0 Å². The van der Waals surface area contributed by atoms with Crippen LogP contribution in [0.4, 0.5) is 4.39 Å². The van der Waals surface area contributed by atoms with Crippen molar-refractivity contribution in [2.75, 3.05) is 25.9 Å². The molecular weight excluding hydrogens is 285 g/mol. The van der Waals surface area contributed by atoms with Crippen molar-refractivity contribution in [2.24, 2.45) is 0 Å². The molecule has 0 unspecified atom stereocenters. The lowest BCUT2D eigenvalue weighted by Gasteiger charge is -2.17. The minimum atomic E-state index is -3.21. The molecule has 0 aliphatic rings. The first-order chi connectivity index (χ1) is 9.34. The molecule has 0 aliphatic heterocycles. The van der Waals surface area contributed by atoms with Gasteiger partial charge in [-0.1, -0.05) is 6.92 Å². The predicted octanol–water partition coefficient (Wildman–Crippen LogP) is 0.622. The Labute approximate surface area is 118 Å². The molecule has 1 aromatic rings. The largest absolute Gasteiger partial charge is 0.352 e. The fourth-order valence-corrected chi connectivity index (χ4v) is 2.59. The van der Waals surface area contributed by atoms with Gasteiger partial charge in [0.25, 0.3) is 5.91 Å². The molecule has 1 N–H and O–H groups in total. The van der Waals surface area contributed by atoms with Gasteiger partial charge in [-0.15, -0.1) is 0 Å². The topological polar surface area (TPSA) is 79.4 Å². The maximum absolute atomic E-state index is 12.8. The molecule has 1 amide bonds. The molecule has 0 saturated heterocycles. The van der Waals surface area contributed by atoms with Crippen LogP contribution in [0, 0.1) is 5.95 Å². The first-order valence-corrected chi connectivity index (χ1v) is 8.04. The van der Waals surface area contributed by atoms with Gasteiger partial charge in [-0.05, 0) is 12.5 Å². The van der Waals surface area contributed by atoms with Crippen molar-refractivity contribution >= 4 is 15.9 Å². The first kappa shape index (κ1) is 16.5. The zero-order valence-electron chi connectivity index (χ0n) is 11.5. The summed E-state index contributed by atoms with van der Waals surface area (Å²) in [4.78, 5) is 15.0. The van der Waals surface area contributed by atoms with Gasteiger partial charge < -0.3 is 5.32 Å². The van der Waals surface area contributed by atoms with E-state index >= 15 is 0 Å². The molecule has 1 aromatic heterocycles. The van der Waals surface area contributed by atoms with Gasteiger partial charge in [0, 0.05) is 37.5 Å². The summed E-state index contributed by atoms with van der Waals surface area (Å²) < 4.78 is 36.8. The molecule has 0 atom stereocenters. The highest BCUT2D eigenvalue weighted by Gasteiger charge is 2.13. The average molecular weight is 303 g/mol. The van der Waals surface area contributed by atoms with Gasteiger partial charge in [0.2, 0.25) is 16.0 Å². The summed E-state index contributed by atoms with van der Waals surface area (Å²) in [6.07, 6.45) is 2.85. The number of aromatic nitrogens is 1. The lowest BCUT2D eigenvalue weighted by molar-refractivity contribution is 0.0952. The van der Waals surface area contributed by atoms with Gasteiger partial charge in [0.1, 0.15) is 0 Å². The first-order valence-electron chi connectivity index (χ1n) is 6.19. The molecule has 0 fully saturated rings. The Morgan fingerprint density at radius 3 is 2.75 bits per heavy atom. The van der Waals surface area contributed by atoms with Crippen LogP contribution in [0.25, 0.3) is 0 Å². The smallest absolute Gasteiger partial charge is 0.251 e. The molecule has 6 nitrogen and oxygen atoms in total. The molecular formula is C12H18FN3O3S. The molecule has 0 radical (unpaired) electrons. The van der Waals surface area contributed by atoms with Crippen molar-refractivity contribution < 1.29 is 17.6 Å². The number of sulfonamides is 1. The van der Waals surface area contributed by atoms with E-state index < -0.39 is 21.9 Å². The lowest BCUT2D eigenvalue weighted by Crippen LogP contribution is -2.33. The van der Waals surface area contributed by atoms with Gasteiger partial charge in [-0.2, -0.15) is 4.39 Å². The molecule has 0 bridgehead atoms. The van der Waals surface area contributed by atoms with E-state index in [0.717, 1.165) is 12.3 Å². The minimum absolute atomic E-state index is 0.188. The fourth-order valence-electron chi connectivity index (χ4n) is 1.66. The summed E-state index contributed by atoms with van der Waals surface area (Å²) in [6.45, 7) is 2.79. The Morgan fingerprint density at radius 1 is 1.50 bits per heavy atom. The summed E-state index contributed by atoms with van der Waals surface area (Å²) >= 11 is 0. The molecule has 0 spiro atoms. The van der Waals surface area contributed by atoms with E-state index in [1.54, 1.807) is 6.92 Å². The third-order valence-corrected chi connectivity index (χ3v) is 4.06. The van der Waals surface area contributed by atoms with Crippen molar-refractivity contribution in [3.8, 4) is 0 Å². The third-order valence-electron chi connectivity index (χ3n) is 2.68. The maximum Gasteiger partial charge on any atom is 0.251 e. The Bertz CT molecular complexity index is 563. The second-order valence-corrected chi connectivity index (χ2v) is 6.21. The van der Waals surface area contributed by atoms with E-state index in [1.165, 1.54) is 16.6 Å². The number of carbonyl (C=O) groups excluding carboxylic acids is 1. The molecule has 0 aromatic carbocycles. The van der Waals surface area contributed by atoms with Gasteiger partial charge in [-0.3, -0.25) is 4.79 Å². The molecule has 1 heterocycles. The fraction of sp³-hybridized carbons (Fsp3) is 0.500. The van der Waals surface area contributed by atoms with E-state index in [9.17, 15) is 17.6 Å². The molecule has 20 heavy (non-hydrogen) atoms. The van der Waals surface area contributed by atoms with Crippen LogP contribution in [-0.2, 0) is 10.0 Å². The lowest BCUT2D eigenvalue weighted by atomic mass is 10.2. The monoisotopic (exact) mass is 303 g/mol. The molecule has 8 heteroatoms. The summed E-state index contributed by atoms with van der Waals surface area (Å²) in [5, 5.41) is 2.60. The molecule has 112 valence electrons. The van der Waals surface area contributed by atoms with E-state index in [1.807, 2.05) is 0 Å². The van der Waals surface area contributed by atoms with E-state index in [0.29, 0.717) is 26.1 Å². The SMILES string of the molecule is CCN(CCCNC(=O)c1ccnc(F)c1)S(C)(=O)=O. The highest BCUT2D eigenvalue weighted by atomic mass is 32.2. The van der Waals surface area contributed by atoms with Crippen molar-refractivity contribution in [3.63, 3.8) is 0 Å². The van der Waals surface area contributed by atoms with Crippen molar-refractivity contribution in [2.45, 2.75) is 13.3 Å². The van der Waals surface area contributed by atoms with Crippen LogP contribution in [-0.4, -0.2) is 49.5 Å². The normalized spacial score (nSPS) is 11.6. The van der Waals surface area contributed by atoms with Crippen molar-refractivity contribution in [3.05, 3.63) is 29.8 Å². The van der Waals surface area contributed by atoms with Crippen LogP contribution in [0.3, 0.4) is 0 Å². The summed E-state index contributed by atoms with van der Waals surface area (Å²) in [5.41, 5.74) is 0.188. The number of hydrogen-bond donors (Lipinski definition) is 1. The Kier molecular flexibility index (Phi) is 6.03. The number of hydrogen-bond acceptors (Lipinski definition) is 4. The minimum Gasteiger partial charge on any atom is -0.352 e. The number of halogens is 1. The van der Waals surface area contributed by atoms with E-state index in [2.05, 4.69) is 10.3 Å². The summed E-state index contributed by atoms with van der Waals surface area (Å²) in [7, 11) is -3.21. The summed E-state index contributed by atoms with van der Waals surface area (Å²) in [5.74, 6) is -1.12. The zero-order valence-corrected chi connectivity index (χ0v) is 12.3. The molecule has 0 saturated carbocycles. The second kappa shape index (κ2) is 7.30. The molecule has 0 aliphatic carbocycles. The van der Waals surface area contributed by atoms with Gasteiger partial charge >= 0.3 is 0 Å². The van der Waals surface area contributed by atoms with Gasteiger partial charge in [0.05, 0.1) is 6.26 Å². The van der Waals surface area contributed by atoms with Crippen LogP contribution >= 0.6 is 0 Å². The van der Waals surface area contributed by atoms with Crippen LogP contribution in [0.1, 0.15) is 23.7 Å². The third kappa shape index (κ3) is 5.22. The maximum atomic E-state index is 12.8. The Morgan fingerprint density at radius 2 is 2.20 bits per heavy atom. The number of rotatable bonds is 7. The zero-order chi connectivity index (χ0) is 15.2. The van der Waals surface area contributed by atoms with Crippen LogP contribution in [0.15, 0.2) is 18.3 Å². The molecule has 1 rings (SSSR count). The van der Waals surface area contributed by atoms with Gasteiger partial charge in [-0.25, -0.2) is 17.7 Å².